The van der Waals surface area contributed by atoms with E-state index in [0.29, 0.717) is 25.9 Å². The normalized spacial score (nSPS) is 19.5. The fourth-order valence-electron chi connectivity index (χ4n) is 5.49. The van der Waals surface area contributed by atoms with Crippen LogP contribution in [0.5, 0.6) is 5.75 Å². The smallest absolute Gasteiger partial charge is 0.261 e. The Kier molecular flexibility index (Phi) is 10.0. The van der Waals surface area contributed by atoms with E-state index in [1.807, 2.05) is 18.2 Å². The molecular formula is C32H38BrNO4Si. The number of nitriles is 1. The third-order valence-corrected chi connectivity index (χ3v) is 13.1. The van der Waals surface area contributed by atoms with Gasteiger partial charge in [0.05, 0.1) is 19.3 Å². The summed E-state index contributed by atoms with van der Waals surface area (Å²) in [5.41, 5.74) is 0.975. The summed E-state index contributed by atoms with van der Waals surface area (Å²) in [6.45, 7) is 7.48. The molecule has 3 atom stereocenters. The van der Waals surface area contributed by atoms with Crippen LogP contribution in [0.4, 0.5) is 0 Å². The van der Waals surface area contributed by atoms with E-state index in [0.717, 1.165) is 22.2 Å². The molecule has 39 heavy (non-hydrogen) atoms. The van der Waals surface area contributed by atoms with Gasteiger partial charge in [-0.3, -0.25) is 0 Å². The molecule has 3 aromatic carbocycles. The fourth-order valence-corrected chi connectivity index (χ4v) is 10.6. The van der Waals surface area contributed by atoms with Crippen LogP contribution in [0, 0.1) is 11.3 Å². The lowest BCUT2D eigenvalue weighted by molar-refractivity contribution is -0.0737. The maximum atomic E-state index is 9.20. The minimum absolute atomic E-state index is 0.0673. The van der Waals surface area contributed by atoms with Crippen LogP contribution >= 0.6 is 15.9 Å². The van der Waals surface area contributed by atoms with Gasteiger partial charge in [0.15, 0.2) is 6.29 Å². The zero-order valence-corrected chi connectivity index (χ0v) is 25.8. The highest BCUT2D eigenvalue weighted by atomic mass is 79.9. The van der Waals surface area contributed by atoms with Crippen molar-refractivity contribution >= 4 is 34.6 Å². The van der Waals surface area contributed by atoms with Gasteiger partial charge in [-0.1, -0.05) is 97.4 Å². The molecule has 0 aromatic heterocycles. The molecule has 0 aliphatic carbocycles. The Hall–Kier alpha value is -2.47. The van der Waals surface area contributed by atoms with Gasteiger partial charge in [-0.05, 0) is 46.5 Å². The van der Waals surface area contributed by atoms with Crippen LogP contribution < -0.4 is 15.1 Å². The first-order valence-corrected chi connectivity index (χ1v) is 16.3. The Morgan fingerprint density at radius 3 is 2.13 bits per heavy atom. The quantitative estimate of drug-likeness (QED) is 0.175. The summed E-state index contributed by atoms with van der Waals surface area (Å²) < 4.78 is 26.2. The molecule has 0 amide bonds. The van der Waals surface area contributed by atoms with E-state index in [2.05, 4.69) is 103 Å². The third kappa shape index (κ3) is 6.64. The Balaban J connectivity index is 1.49. The summed E-state index contributed by atoms with van der Waals surface area (Å²) in [4.78, 5) is 0. The third-order valence-electron chi connectivity index (χ3n) is 7.33. The Bertz CT molecular complexity index is 1200. The average Bonchev–Trinajstić information content (AvgIpc) is 3.35. The van der Waals surface area contributed by atoms with E-state index in [1.54, 1.807) is 7.11 Å². The second-order valence-corrected chi connectivity index (χ2v) is 16.1. The zero-order chi connectivity index (χ0) is 27.9. The molecule has 0 N–H and O–H groups in total. The molecule has 0 spiro atoms. The molecule has 0 radical (unpaired) electrons. The van der Waals surface area contributed by atoms with Gasteiger partial charge < -0.3 is 18.6 Å². The van der Waals surface area contributed by atoms with Crippen LogP contribution in [0.15, 0.2) is 83.3 Å². The summed E-state index contributed by atoms with van der Waals surface area (Å²) in [5, 5.41) is 11.7. The summed E-state index contributed by atoms with van der Waals surface area (Å²) in [7, 11) is -0.926. The van der Waals surface area contributed by atoms with Crippen LogP contribution in [0.25, 0.3) is 0 Å². The van der Waals surface area contributed by atoms with Crippen molar-refractivity contribution in [1.29, 1.82) is 5.26 Å². The van der Waals surface area contributed by atoms with Gasteiger partial charge in [0.1, 0.15) is 11.9 Å². The molecule has 7 heteroatoms. The second-order valence-electron chi connectivity index (χ2n) is 10.9. The molecule has 5 nitrogen and oxygen atoms in total. The second kappa shape index (κ2) is 13.3. The predicted octanol–water partition coefficient (Wildman–Crippen LogP) is 6.90. The lowest BCUT2D eigenvalue weighted by atomic mass is 10.0. The minimum Gasteiger partial charge on any atom is -0.497 e. The number of nitrogens with zero attached hydrogens (tertiary/aromatic N) is 1. The monoisotopic (exact) mass is 607 g/mol. The largest absolute Gasteiger partial charge is 0.497 e. The van der Waals surface area contributed by atoms with Crippen LogP contribution in [-0.2, 0) is 13.9 Å². The highest BCUT2D eigenvalue weighted by Crippen LogP contribution is 2.41. The van der Waals surface area contributed by atoms with E-state index in [-0.39, 0.29) is 23.5 Å². The molecule has 206 valence electrons. The first kappa shape index (κ1) is 29.5. The van der Waals surface area contributed by atoms with Gasteiger partial charge in [0.25, 0.3) is 8.32 Å². The molecule has 1 unspecified atom stereocenters. The van der Waals surface area contributed by atoms with Crippen molar-refractivity contribution in [3.63, 3.8) is 0 Å². The standard InChI is InChI=1S/C32H38BrNO4Si/c1-32(2,3)39(25-13-7-5-8-14-25,26-15-9-6-10-16-26)36-22-12-18-30-37-29(17-11-21-34)31(38-30)27-23-24(35-4)19-20-28(27)33/h5-10,13-16,19-20,23,29-31H,11-12,17-18,22H2,1-4H3/t29-,30?,31-/m0/s1. The molecule has 1 heterocycles. The summed E-state index contributed by atoms with van der Waals surface area (Å²) in [6.07, 6.45) is 1.70. The van der Waals surface area contributed by atoms with Crippen molar-refractivity contribution in [2.45, 2.75) is 70.0 Å². The number of hydrogen-bond donors (Lipinski definition) is 0. The fraction of sp³-hybridized carbons (Fsp3) is 0.406. The number of hydrogen-bond acceptors (Lipinski definition) is 5. The Morgan fingerprint density at radius 2 is 1.56 bits per heavy atom. The summed E-state index contributed by atoms with van der Waals surface area (Å²) >= 11 is 3.66. The lowest BCUT2D eigenvalue weighted by Gasteiger charge is -2.43. The first-order valence-electron chi connectivity index (χ1n) is 13.6. The highest BCUT2D eigenvalue weighted by Gasteiger charge is 2.50. The van der Waals surface area contributed by atoms with Crippen molar-refractivity contribution in [1.82, 2.24) is 0 Å². The Labute approximate surface area is 242 Å². The van der Waals surface area contributed by atoms with E-state index < -0.39 is 8.32 Å². The molecule has 0 saturated carbocycles. The van der Waals surface area contributed by atoms with Crippen LogP contribution in [-0.4, -0.2) is 34.4 Å². The maximum absolute atomic E-state index is 9.20. The zero-order valence-electron chi connectivity index (χ0n) is 23.2. The van der Waals surface area contributed by atoms with Crippen molar-refractivity contribution in [2.24, 2.45) is 0 Å². The van der Waals surface area contributed by atoms with Crippen molar-refractivity contribution in [3.05, 3.63) is 88.9 Å². The van der Waals surface area contributed by atoms with Gasteiger partial charge in [-0.25, -0.2) is 0 Å². The molecule has 1 fully saturated rings. The van der Waals surface area contributed by atoms with Crippen molar-refractivity contribution < 1.29 is 18.6 Å². The van der Waals surface area contributed by atoms with E-state index in [4.69, 9.17) is 18.6 Å². The number of benzene rings is 3. The van der Waals surface area contributed by atoms with E-state index >= 15 is 0 Å². The number of halogens is 1. The van der Waals surface area contributed by atoms with Gasteiger partial charge in [0, 0.05) is 29.5 Å². The molecule has 1 aliphatic rings. The minimum atomic E-state index is -2.58. The summed E-state index contributed by atoms with van der Waals surface area (Å²) in [5.74, 6) is 0.762. The van der Waals surface area contributed by atoms with Gasteiger partial charge in [0.2, 0.25) is 0 Å². The van der Waals surface area contributed by atoms with E-state index in [1.165, 1.54) is 10.4 Å². The van der Waals surface area contributed by atoms with E-state index in [9.17, 15) is 5.26 Å². The highest BCUT2D eigenvalue weighted by molar-refractivity contribution is 9.10. The van der Waals surface area contributed by atoms with Crippen LogP contribution in [0.2, 0.25) is 5.04 Å². The van der Waals surface area contributed by atoms with Gasteiger partial charge >= 0.3 is 0 Å². The molecule has 4 rings (SSSR count). The molecule has 3 aromatic rings. The molecule has 1 aliphatic heterocycles. The van der Waals surface area contributed by atoms with Crippen LogP contribution in [0.3, 0.4) is 0 Å². The molecular weight excluding hydrogens is 570 g/mol. The maximum Gasteiger partial charge on any atom is 0.261 e. The number of methoxy groups -OCH3 is 1. The first-order chi connectivity index (χ1) is 18.8. The summed E-state index contributed by atoms with van der Waals surface area (Å²) in [6, 6.07) is 29.5. The SMILES string of the molecule is COc1ccc(Br)c([C@@H]2OC(CCCO[Si](c3ccccc3)(c3ccccc3)C(C)(C)C)O[C@H]2CCC#N)c1. The van der Waals surface area contributed by atoms with Gasteiger partial charge in [-0.2, -0.15) is 5.26 Å². The number of rotatable bonds is 11. The van der Waals surface area contributed by atoms with Crippen LogP contribution in [0.1, 0.15) is 58.1 Å². The lowest BCUT2D eigenvalue weighted by Crippen LogP contribution is -2.66. The van der Waals surface area contributed by atoms with Crippen molar-refractivity contribution in [3.8, 4) is 11.8 Å². The topological polar surface area (TPSA) is 60.7 Å². The number of ether oxygens (including phenoxy) is 3. The average molecular weight is 609 g/mol. The van der Waals surface area contributed by atoms with Gasteiger partial charge in [-0.15, -0.1) is 0 Å². The molecule has 1 saturated heterocycles. The Morgan fingerprint density at radius 1 is 0.923 bits per heavy atom. The predicted molar refractivity (Wildman–Crippen MR) is 161 cm³/mol. The molecule has 0 bridgehead atoms. The van der Waals surface area contributed by atoms with Crippen molar-refractivity contribution in [2.75, 3.05) is 13.7 Å².